The normalized spacial score (nSPS) is 9.65. The van der Waals surface area contributed by atoms with Crippen molar-refractivity contribution >= 4 is 5.69 Å². The molecule has 0 saturated carbocycles. The summed E-state index contributed by atoms with van der Waals surface area (Å²) in [6, 6.07) is 5.67. The van der Waals surface area contributed by atoms with E-state index in [9.17, 15) is 4.39 Å². The quantitative estimate of drug-likeness (QED) is 0.851. The van der Waals surface area contributed by atoms with E-state index in [0.29, 0.717) is 5.69 Å². The number of rotatable bonds is 2. The number of benzene rings is 1. The Morgan fingerprint density at radius 2 is 2.00 bits per heavy atom. The van der Waals surface area contributed by atoms with Gasteiger partial charge in [-0.25, -0.2) is 14.4 Å². The van der Waals surface area contributed by atoms with E-state index < -0.39 is 5.82 Å². The van der Waals surface area contributed by atoms with Crippen molar-refractivity contribution in [1.29, 1.82) is 5.26 Å². The Hall–Kier alpha value is -2.68. The predicted molar refractivity (Wildman–Crippen MR) is 57.6 cm³/mol. The maximum absolute atomic E-state index is 13.4. The Kier molecular flexibility index (Phi) is 2.83. The fraction of sp³-hybridized carbons (Fsp3) is 0. The maximum atomic E-state index is 13.4. The van der Waals surface area contributed by atoms with Crippen LogP contribution in [0.1, 0.15) is 5.56 Å². The molecule has 1 heterocycles. The minimum absolute atomic E-state index is 0.0113. The van der Waals surface area contributed by atoms with E-state index in [1.165, 1.54) is 24.5 Å². The Bertz CT molecular complexity index is 577. The third kappa shape index (κ3) is 2.46. The number of aromatic nitrogens is 2. The summed E-state index contributed by atoms with van der Waals surface area (Å²) >= 11 is 0. The summed E-state index contributed by atoms with van der Waals surface area (Å²) < 4.78 is 18.5. The maximum Gasteiger partial charge on any atom is 0.322 e. The molecule has 17 heavy (non-hydrogen) atoms. The van der Waals surface area contributed by atoms with Gasteiger partial charge in [0.15, 0.2) is 11.6 Å². The highest BCUT2D eigenvalue weighted by Gasteiger charge is 2.07. The molecule has 0 aliphatic heterocycles. The number of nitrogen functional groups attached to an aromatic ring is 1. The summed E-state index contributed by atoms with van der Waals surface area (Å²) in [5, 5.41) is 8.58. The molecule has 6 heteroatoms. The van der Waals surface area contributed by atoms with Crippen LogP contribution in [0.5, 0.6) is 11.8 Å². The lowest BCUT2D eigenvalue weighted by molar-refractivity contribution is 0.411. The van der Waals surface area contributed by atoms with Crippen molar-refractivity contribution in [3.8, 4) is 17.8 Å². The molecule has 0 aliphatic rings. The number of ether oxygens (including phenoxy) is 1. The van der Waals surface area contributed by atoms with Gasteiger partial charge in [-0.15, -0.1) is 0 Å². The molecule has 0 radical (unpaired) electrons. The molecule has 0 saturated heterocycles. The highest BCUT2D eigenvalue weighted by Crippen LogP contribution is 2.22. The van der Waals surface area contributed by atoms with Crippen LogP contribution in [-0.4, -0.2) is 9.97 Å². The first-order chi connectivity index (χ1) is 8.19. The Balaban J connectivity index is 2.25. The van der Waals surface area contributed by atoms with Gasteiger partial charge in [-0.3, -0.25) is 0 Å². The zero-order valence-corrected chi connectivity index (χ0v) is 8.59. The lowest BCUT2D eigenvalue weighted by atomic mass is 10.2. The molecule has 0 spiro atoms. The van der Waals surface area contributed by atoms with E-state index >= 15 is 0 Å². The number of anilines is 1. The van der Waals surface area contributed by atoms with Gasteiger partial charge in [-0.2, -0.15) is 5.26 Å². The number of nitrogens with two attached hydrogens (primary N) is 1. The van der Waals surface area contributed by atoms with Crippen molar-refractivity contribution in [3.63, 3.8) is 0 Å². The summed E-state index contributed by atoms with van der Waals surface area (Å²) in [7, 11) is 0. The molecule has 0 atom stereocenters. The van der Waals surface area contributed by atoms with E-state index in [0.717, 1.165) is 6.07 Å². The smallest absolute Gasteiger partial charge is 0.322 e. The average Bonchev–Trinajstić information content (AvgIpc) is 2.34. The molecule has 84 valence electrons. The van der Waals surface area contributed by atoms with Crippen molar-refractivity contribution in [2.75, 3.05) is 5.73 Å². The van der Waals surface area contributed by atoms with Crippen molar-refractivity contribution in [1.82, 2.24) is 9.97 Å². The number of hydrogen-bond donors (Lipinski definition) is 1. The molecule has 2 N–H and O–H groups in total. The van der Waals surface area contributed by atoms with Gasteiger partial charge in [0.2, 0.25) is 0 Å². The topological polar surface area (TPSA) is 84.8 Å². The molecule has 1 aromatic carbocycles. The zero-order chi connectivity index (χ0) is 12.3. The second kappa shape index (κ2) is 4.45. The summed E-state index contributed by atoms with van der Waals surface area (Å²) in [5.41, 5.74) is 6.00. The number of nitrogens with zero attached hydrogens (tertiary/aromatic N) is 3. The van der Waals surface area contributed by atoms with Crippen LogP contribution >= 0.6 is 0 Å². The molecule has 1 aromatic heterocycles. The summed E-state index contributed by atoms with van der Waals surface area (Å²) in [4.78, 5) is 7.53. The molecule has 0 aliphatic carbocycles. The highest BCUT2D eigenvalue weighted by molar-refractivity contribution is 5.37. The minimum atomic E-state index is -0.649. The first-order valence-electron chi connectivity index (χ1n) is 4.64. The summed E-state index contributed by atoms with van der Waals surface area (Å²) in [5.74, 6) is -0.696. The van der Waals surface area contributed by atoms with E-state index in [1.54, 1.807) is 0 Å². The molecule has 2 rings (SSSR count). The molecular formula is C11H7FN4O. The van der Waals surface area contributed by atoms with Gasteiger partial charge < -0.3 is 10.5 Å². The van der Waals surface area contributed by atoms with E-state index in [4.69, 9.17) is 15.7 Å². The molecule has 0 bridgehead atoms. The largest absolute Gasteiger partial charge is 0.421 e. The van der Waals surface area contributed by atoms with Gasteiger partial charge in [-0.1, -0.05) is 0 Å². The molecule has 2 aromatic rings. The van der Waals surface area contributed by atoms with Crippen molar-refractivity contribution in [2.24, 2.45) is 0 Å². The van der Waals surface area contributed by atoms with Gasteiger partial charge >= 0.3 is 6.01 Å². The van der Waals surface area contributed by atoms with E-state index in [2.05, 4.69) is 9.97 Å². The van der Waals surface area contributed by atoms with E-state index in [1.807, 2.05) is 6.07 Å². The summed E-state index contributed by atoms with van der Waals surface area (Å²) in [6.45, 7) is 0. The van der Waals surface area contributed by atoms with Crippen molar-refractivity contribution in [2.45, 2.75) is 0 Å². The average molecular weight is 230 g/mol. The van der Waals surface area contributed by atoms with Crippen LogP contribution < -0.4 is 10.5 Å². The van der Waals surface area contributed by atoms with Crippen LogP contribution in [0.25, 0.3) is 0 Å². The standard InChI is InChI=1S/C11H7FN4O/c12-9-3-7(4-13)1-2-10(9)17-11-15-5-8(14)6-16-11/h1-3,5-6H,14H2. The first kappa shape index (κ1) is 10.8. The predicted octanol–water partition coefficient (Wildman–Crippen LogP) is 1.86. The van der Waals surface area contributed by atoms with Crippen LogP contribution in [0.2, 0.25) is 0 Å². The van der Waals surface area contributed by atoms with Gasteiger partial charge in [0.1, 0.15) is 0 Å². The molecule has 5 nitrogen and oxygen atoms in total. The molecule has 0 fully saturated rings. The highest BCUT2D eigenvalue weighted by atomic mass is 19.1. The number of hydrogen-bond acceptors (Lipinski definition) is 5. The van der Waals surface area contributed by atoms with Crippen LogP contribution in [0.15, 0.2) is 30.6 Å². The Morgan fingerprint density at radius 1 is 1.29 bits per heavy atom. The van der Waals surface area contributed by atoms with Gasteiger partial charge in [0, 0.05) is 0 Å². The second-order valence-electron chi connectivity index (χ2n) is 3.16. The fourth-order valence-electron chi connectivity index (χ4n) is 1.13. The van der Waals surface area contributed by atoms with Gasteiger partial charge in [0.05, 0.1) is 29.7 Å². The first-order valence-corrected chi connectivity index (χ1v) is 4.64. The van der Waals surface area contributed by atoms with Gasteiger partial charge in [-0.05, 0) is 18.2 Å². The van der Waals surface area contributed by atoms with Crippen molar-refractivity contribution < 1.29 is 9.13 Å². The van der Waals surface area contributed by atoms with E-state index in [-0.39, 0.29) is 17.3 Å². The number of nitriles is 1. The molecular weight excluding hydrogens is 223 g/mol. The molecule has 0 unspecified atom stereocenters. The third-order valence-corrected chi connectivity index (χ3v) is 1.91. The lowest BCUT2D eigenvalue weighted by Crippen LogP contribution is -1.95. The van der Waals surface area contributed by atoms with Crippen LogP contribution in [-0.2, 0) is 0 Å². The fourth-order valence-corrected chi connectivity index (χ4v) is 1.13. The minimum Gasteiger partial charge on any atom is -0.421 e. The van der Waals surface area contributed by atoms with Crippen molar-refractivity contribution in [3.05, 3.63) is 42.0 Å². The second-order valence-corrected chi connectivity index (χ2v) is 3.16. The zero-order valence-electron chi connectivity index (χ0n) is 8.59. The summed E-state index contributed by atoms with van der Waals surface area (Å²) in [6.07, 6.45) is 2.70. The van der Waals surface area contributed by atoms with Crippen LogP contribution in [0.4, 0.5) is 10.1 Å². The number of halogens is 1. The Morgan fingerprint density at radius 3 is 2.59 bits per heavy atom. The van der Waals surface area contributed by atoms with Crippen LogP contribution in [0.3, 0.4) is 0 Å². The third-order valence-electron chi connectivity index (χ3n) is 1.91. The molecule has 0 amide bonds. The van der Waals surface area contributed by atoms with Crippen LogP contribution in [0, 0.1) is 17.1 Å². The Labute approximate surface area is 96.3 Å². The SMILES string of the molecule is N#Cc1ccc(Oc2ncc(N)cn2)c(F)c1. The van der Waals surface area contributed by atoms with Gasteiger partial charge in [0.25, 0.3) is 0 Å². The lowest BCUT2D eigenvalue weighted by Gasteiger charge is -2.04. The monoisotopic (exact) mass is 230 g/mol.